The molecule has 0 fully saturated rings. The minimum Gasteiger partial charge on any atom is -0.330 e. The van der Waals surface area contributed by atoms with Crippen molar-refractivity contribution >= 4 is 0 Å². The summed E-state index contributed by atoms with van der Waals surface area (Å²) in [6, 6.07) is 0. The van der Waals surface area contributed by atoms with Crippen molar-refractivity contribution in [1.29, 1.82) is 0 Å². The van der Waals surface area contributed by atoms with Gasteiger partial charge in [0.2, 0.25) is 0 Å². The van der Waals surface area contributed by atoms with Gasteiger partial charge in [-0.2, -0.15) is 0 Å². The third-order valence-electron chi connectivity index (χ3n) is 0.808. The molecular weight excluding hydrogens is 98.1 g/mol. The molecule has 0 aromatic carbocycles. The van der Waals surface area contributed by atoms with Gasteiger partial charge in [-0.3, -0.25) is 0 Å². The van der Waals surface area contributed by atoms with Crippen LogP contribution in [0.5, 0.6) is 0 Å². The Kier molecular flexibility index (Phi) is 21.4. The number of hydrogen-bond donors (Lipinski definition) is 1. The summed E-state index contributed by atoms with van der Waals surface area (Å²) in [5.41, 5.74) is 5.21. The first-order chi connectivity index (χ1) is 3.91. The molecule has 0 spiro atoms. The van der Waals surface area contributed by atoms with Crippen LogP contribution in [-0.2, 0) is 0 Å². The van der Waals surface area contributed by atoms with Crippen LogP contribution in [-0.4, -0.2) is 6.54 Å². The zero-order valence-corrected chi connectivity index (χ0v) is 6.41. The lowest BCUT2D eigenvalue weighted by Crippen LogP contribution is -1.96. The number of unbranched alkanes of at least 4 members (excludes halogenated alkanes) is 2. The fraction of sp³-hybridized carbons (Fsp3) is 1.00. The molecule has 1 heteroatoms. The molecule has 0 bridgehead atoms. The Hall–Kier alpha value is -0.0400. The van der Waals surface area contributed by atoms with Crippen LogP contribution in [0.1, 0.15) is 41.5 Å². The van der Waals surface area contributed by atoms with Crippen molar-refractivity contribution in [2.24, 2.45) is 5.73 Å². The predicted octanol–water partition coefficient (Wildman–Crippen LogP) is 2.41. The van der Waals surface area contributed by atoms with Crippen LogP contribution < -0.4 is 5.73 Å². The Balaban J connectivity index is -0.000000109. The number of hydrogen-bond acceptors (Lipinski definition) is 1. The number of rotatable bonds is 3. The molecule has 0 aromatic heterocycles. The van der Waals surface area contributed by atoms with Gasteiger partial charge in [0.05, 0.1) is 0 Å². The van der Waals surface area contributed by atoms with Crippen molar-refractivity contribution in [3.05, 3.63) is 0 Å². The minimum absolute atomic E-state index is 0. The molecule has 0 radical (unpaired) electrons. The normalized spacial score (nSPS) is 7.50. The zero-order chi connectivity index (χ0) is 6.83. The van der Waals surface area contributed by atoms with Crippen molar-refractivity contribution in [2.75, 3.05) is 6.54 Å². The van der Waals surface area contributed by atoms with Gasteiger partial charge in [-0.1, -0.05) is 33.6 Å². The Morgan fingerprint density at radius 2 is 1.75 bits per heavy atom. The highest BCUT2D eigenvalue weighted by atomic mass is 14.5. The van der Waals surface area contributed by atoms with E-state index in [1.807, 2.05) is 13.8 Å². The summed E-state index contributed by atoms with van der Waals surface area (Å²) in [7, 11) is 0. The Morgan fingerprint density at radius 3 is 1.88 bits per heavy atom. The first-order valence-electron chi connectivity index (χ1n) is 3.62. The van der Waals surface area contributed by atoms with E-state index in [0.29, 0.717) is 0 Å². The van der Waals surface area contributed by atoms with Crippen molar-refractivity contribution in [2.45, 2.75) is 40.0 Å². The largest absolute Gasteiger partial charge is 0.330 e. The van der Waals surface area contributed by atoms with Gasteiger partial charge in [0.25, 0.3) is 0 Å². The van der Waals surface area contributed by atoms with Crippen LogP contribution in [0.2, 0.25) is 0 Å². The van der Waals surface area contributed by atoms with E-state index in [2.05, 4.69) is 6.92 Å². The lowest BCUT2D eigenvalue weighted by molar-refractivity contribution is 0.727. The van der Waals surface area contributed by atoms with E-state index in [4.69, 9.17) is 5.73 Å². The van der Waals surface area contributed by atoms with E-state index in [1.165, 1.54) is 19.3 Å². The van der Waals surface area contributed by atoms with Crippen LogP contribution in [0.15, 0.2) is 0 Å². The molecule has 0 unspecified atom stereocenters. The molecule has 0 rings (SSSR count). The summed E-state index contributed by atoms with van der Waals surface area (Å²) in [6.45, 7) is 7.03. The quantitative estimate of drug-likeness (QED) is 0.567. The fourth-order valence-corrected chi connectivity index (χ4v) is 0.394. The molecule has 0 aliphatic heterocycles. The van der Waals surface area contributed by atoms with E-state index in [-0.39, 0.29) is 1.43 Å². The lowest BCUT2D eigenvalue weighted by Gasteiger charge is -1.86. The van der Waals surface area contributed by atoms with Gasteiger partial charge in [-0.25, -0.2) is 0 Å². The van der Waals surface area contributed by atoms with Crippen molar-refractivity contribution in [3.8, 4) is 0 Å². The van der Waals surface area contributed by atoms with Gasteiger partial charge in [0, 0.05) is 1.43 Å². The Labute approximate surface area is 54.8 Å². The predicted molar refractivity (Wildman–Crippen MR) is 42.0 cm³/mol. The topological polar surface area (TPSA) is 26.0 Å². The first kappa shape index (κ1) is 10.9. The molecule has 0 saturated carbocycles. The van der Waals surface area contributed by atoms with Crippen LogP contribution in [0, 0.1) is 0 Å². The molecule has 0 aliphatic carbocycles. The van der Waals surface area contributed by atoms with E-state index < -0.39 is 0 Å². The fourth-order valence-electron chi connectivity index (χ4n) is 0.394. The van der Waals surface area contributed by atoms with Gasteiger partial charge in [0.1, 0.15) is 0 Å². The smallest absolute Gasteiger partial charge is 0 e. The highest BCUT2D eigenvalue weighted by Gasteiger charge is 1.75. The average Bonchev–Trinajstić information content (AvgIpc) is 1.88. The molecule has 8 heavy (non-hydrogen) atoms. The maximum atomic E-state index is 5.21. The van der Waals surface area contributed by atoms with E-state index in [0.717, 1.165) is 6.54 Å². The second-order valence-corrected chi connectivity index (χ2v) is 1.50. The molecule has 0 saturated heterocycles. The highest BCUT2D eigenvalue weighted by molar-refractivity contribution is 4.34. The van der Waals surface area contributed by atoms with E-state index in [1.54, 1.807) is 0 Å². The first-order valence-corrected chi connectivity index (χ1v) is 3.62. The Morgan fingerprint density at radius 1 is 1.25 bits per heavy atom. The van der Waals surface area contributed by atoms with Crippen LogP contribution in [0.25, 0.3) is 0 Å². The van der Waals surface area contributed by atoms with Crippen LogP contribution in [0.3, 0.4) is 0 Å². The summed E-state index contributed by atoms with van der Waals surface area (Å²) >= 11 is 0. The summed E-state index contributed by atoms with van der Waals surface area (Å²) in [6.07, 6.45) is 3.75. The van der Waals surface area contributed by atoms with Gasteiger partial charge in [0.15, 0.2) is 0 Å². The average molecular weight is 119 g/mol. The second-order valence-electron chi connectivity index (χ2n) is 1.50. The summed E-state index contributed by atoms with van der Waals surface area (Å²) in [5, 5.41) is 0. The van der Waals surface area contributed by atoms with E-state index in [9.17, 15) is 0 Å². The number of nitrogens with two attached hydrogens (primary N) is 1. The molecule has 0 atom stereocenters. The van der Waals surface area contributed by atoms with Gasteiger partial charge in [-0.15, -0.1) is 0 Å². The summed E-state index contributed by atoms with van der Waals surface area (Å²) < 4.78 is 0. The maximum absolute atomic E-state index is 5.21. The maximum Gasteiger partial charge on any atom is 0 e. The third kappa shape index (κ3) is 16.7. The van der Waals surface area contributed by atoms with Crippen LogP contribution in [0.4, 0.5) is 0 Å². The molecule has 0 amide bonds. The SMILES string of the molecule is CC.CCCCCN.[HH]. The van der Waals surface area contributed by atoms with Crippen molar-refractivity contribution in [1.82, 2.24) is 0 Å². The minimum atomic E-state index is 0. The third-order valence-corrected chi connectivity index (χ3v) is 0.808. The van der Waals surface area contributed by atoms with Crippen molar-refractivity contribution in [3.63, 3.8) is 0 Å². The Bertz CT molecular complexity index is 20.9. The molecule has 0 heterocycles. The summed E-state index contributed by atoms with van der Waals surface area (Å²) in [4.78, 5) is 0. The highest BCUT2D eigenvalue weighted by Crippen LogP contribution is 1.88. The molecule has 2 N–H and O–H groups in total. The molecular formula is C7H21N. The summed E-state index contributed by atoms with van der Waals surface area (Å²) in [5.74, 6) is 0. The van der Waals surface area contributed by atoms with Gasteiger partial charge in [-0.05, 0) is 13.0 Å². The van der Waals surface area contributed by atoms with Crippen molar-refractivity contribution < 1.29 is 1.43 Å². The molecule has 0 aromatic rings. The lowest BCUT2D eigenvalue weighted by atomic mass is 10.3. The monoisotopic (exact) mass is 119 g/mol. The zero-order valence-electron chi connectivity index (χ0n) is 6.41. The molecule has 54 valence electrons. The molecule has 0 aliphatic rings. The van der Waals surface area contributed by atoms with Crippen LogP contribution >= 0.6 is 0 Å². The standard InChI is InChI=1S/C5H13N.C2H6.H2/c1-2-3-4-5-6;1-2;/h2-6H2,1H3;1-2H3;1H. The van der Waals surface area contributed by atoms with E-state index >= 15 is 0 Å². The second kappa shape index (κ2) is 15.8. The molecule has 1 nitrogen and oxygen atoms in total. The van der Waals surface area contributed by atoms with Gasteiger partial charge >= 0.3 is 0 Å². The van der Waals surface area contributed by atoms with Gasteiger partial charge < -0.3 is 5.73 Å².